The molecule has 2 fully saturated rings. The summed E-state index contributed by atoms with van der Waals surface area (Å²) in [6.45, 7) is 0. The topological polar surface area (TPSA) is 0 Å². The van der Waals surface area contributed by atoms with Crippen molar-refractivity contribution in [1.82, 2.24) is 0 Å². The third kappa shape index (κ3) is 2.00. The van der Waals surface area contributed by atoms with Gasteiger partial charge in [-0.3, -0.25) is 0 Å². The summed E-state index contributed by atoms with van der Waals surface area (Å²) in [6, 6.07) is 0. The van der Waals surface area contributed by atoms with E-state index in [2.05, 4.69) is 0 Å². The molecular weight excluding hydrogens is 108 g/mol. The van der Waals surface area contributed by atoms with E-state index in [4.69, 9.17) is 0 Å². The lowest BCUT2D eigenvalue weighted by molar-refractivity contribution is 0.592. The van der Waals surface area contributed by atoms with Crippen molar-refractivity contribution in [2.45, 2.75) is 44.9 Å². The average molecular weight is 124 g/mol. The highest BCUT2D eigenvalue weighted by Gasteiger charge is 2.24. The maximum Gasteiger partial charge on any atom is -0.0414 e. The maximum atomic E-state index is 1.55. The molecular formula is C9H16. The van der Waals surface area contributed by atoms with Gasteiger partial charge in [0.15, 0.2) is 0 Å². The van der Waals surface area contributed by atoms with Gasteiger partial charge in [-0.05, 0) is 11.8 Å². The van der Waals surface area contributed by atoms with Crippen molar-refractivity contribution in [2.75, 3.05) is 0 Å². The second-order valence-corrected chi connectivity index (χ2v) is 3.82. The first-order chi connectivity index (χ1) is 4.45. The van der Waals surface area contributed by atoms with Gasteiger partial charge < -0.3 is 0 Å². The smallest absolute Gasteiger partial charge is 0.0414 e. The average Bonchev–Trinajstić information content (AvgIpc) is 2.57. The molecule has 0 saturated heterocycles. The molecule has 2 saturated carbocycles. The highest BCUT2D eigenvalue weighted by Crippen LogP contribution is 2.38. The van der Waals surface area contributed by atoms with Crippen molar-refractivity contribution >= 4 is 0 Å². The predicted molar refractivity (Wildman–Crippen MR) is 39.3 cm³/mol. The van der Waals surface area contributed by atoms with Crippen LogP contribution in [0.25, 0.3) is 0 Å². The molecule has 0 aliphatic heterocycles. The third-order valence-electron chi connectivity index (χ3n) is 2.62. The molecule has 2 aliphatic carbocycles. The van der Waals surface area contributed by atoms with Crippen molar-refractivity contribution in [3.63, 3.8) is 0 Å². The van der Waals surface area contributed by atoms with Crippen LogP contribution >= 0.6 is 0 Å². The molecule has 2 aliphatic rings. The molecule has 0 heteroatoms. The van der Waals surface area contributed by atoms with Crippen molar-refractivity contribution in [2.24, 2.45) is 11.8 Å². The second-order valence-electron chi connectivity index (χ2n) is 3.82. The molecule has 0 N–H and O–H groups in total. The van der Waals surface area contributed by atoms with Gasteiger partial charge >= 0.3 is 0 Å². The molecule has 0 spiro atoms. The predicted octanol–water partition coefficient (Wildman–Crippen LogP) is 2.98. The molecule has 9 heavy (non-hydrogen) atoms. The Kier molecular flexibility index (Phi) is 1.48. The molecule has 0 atom stereocenters. The van der Waals surface area contributed by atoms with Crippen LogP contribution in [0.2, 0.25) is 0 Å². The zero-order valence-electron chi connectivity index (χ0n) is 6.10. The van der Waals surface area contributed by atoms with Crippen molar-refractivity contribution in [1.29, 1.82) is 0 Å². The summed E-state index contributed by atoms with van der Waals surface area (Å²) in [5.74, 6) is 2.34. The molecule has 52 valence electrons. The van der Waals surface area contributed by atoms with Crippen LogP contribution in [0.4, 0.5) is 0 Å². The maximum absolute atomic E-state index is 1.55. The Morgan fingerprint density at radius 3 is 1.56 bits per heavy atom. The molecule has 0 radical (unpaired) electrons. The lowest BCUT2D eigenvalue weighted by atomic mass is 10.1. The minimum atomic E-state index is 1.17. The minimum absolute atomic E-state index is 1.17. The summed E-state index contributed by atoms with van der Waals surface area (Å²) in [5.41, 5.74) is 0. The van der Waals surface area contributed by atoms with Gasteiger partial charge in [0, 0.05) is 0 Å². The van der Waals surface area contributed by atoms with E-state index in [1.54, 1.807) is 38.5 Å². The zero-order chi connectivity index (χ0) is 6.10. The summed E-state index contributed by atoms with van der Waals surface area (Å²) in [7, 11) is 0. The van der Waals surface area contributed by atoms with Gasteiger partial charge in [-0.15, -0.1) is 0 Å². The number of rotatable bonds is 4. The third-order valence-corrected chi connectivity index (χ3v) is 2.62. The van der Waals surface area contributed by atoms with Crippen LogP contribution in [-0.4, -0.2) is 0 Å². The number of hydrogen-bond acceptors (Lipinski definition) is 0. The lowest BCUT2D eigenvalue weighted by Gasteiger charge is -1.94. The second kappa shape index (κ2) is 2.32. The van der Waals surface area contributed by atoms with Crippen LogP contribution in [0, 0.1) is 11.8 Å². The summed E-state index contributed by atoms with van der Waals surface area (Å²) < 4.78 is 0. The molecule has 0 aromatic heterocycles. The van der Waals surface area contributed by atoms with Crippen LogP contribution in [0.3, 0.4) is 0 Å². The van der Waals surface area contributed by atoms with E-state index in [0.717, 1.165) is 0 Å². The van der Waals surface area contributed by atoms with E-state index in [-0.39, 0.29) is 0 Å². The molecule has 0 aromatic rings. The molecule has 0 amide bonds. The Labute approximate surface area is 57.6 Å². The molecule has 0 bridgehead atoms. The number of hydrogen-bond donors (Lipinski definition) is 0. The fourth-order valence-corrected chi connectivity index (χ4v) is 1.51. The first-order valence-corrected chi connectivity index (χ1v) is 4.45. The highest BCUT2D eigenvalue weighted by atomic mass is 14.3. The fraction of sp³-hybridized carbons (Fsp3) is 1.00. The zero-order valence-corrected chi connectivity index (χ0v) is 6.10. The van der Waals surface area contributed by atoms with Crippen LogP contribution < -0.4 is 0 Å². The summed E-state index contributed by atoms with van der Waals surface area (Å²) >= 11 is 0. The minimum Gasteiger partial charge on any atom is -0.0528 e. The first-order valence-electron chi connectivity index (χ1n) is 4.45. The van der Waals surface area contributed by atoms with E-state index in [1.165, 1.54) is 18.3 Å². The summed E-state index contributed by atoms with van der Waals surface area (Å²) in [4.78, 5) is 0. The van der Waals surface area contributed by atoms with Gasteiger partial charge in [-0.2, -0.15) is 0 Å². The lowest BCUT2D eigenvalue weighted by Crippen LogP contribution is -1.79. The monoisotopic (exact) mass is 124 g/mol. The Bertz CT molecular complexity index is 76.2. The quantitative estimate of drug-likeness (QED) is 0.540. The normalized spacial score (nSPS) is 26.7. The van der Waals surface area contributed by atoms with Gasteiger partial charge in [0.05, 0.1) is 0 Å². The molecule has 0 aromatic carbocycles. The Hall–Kier alpha value is 0. The van der Waals surface area contributed by atoms with Gasteiger partial charge in [-0.25, -0.2) is 0 Å². The summed E-state index contributed by atoms with van der Waals surface area (Å²) in [6.07, 6.45) is 10.8. The highest BCUT2D eigenvalue weighted by molar-refractivity contribution is 4.76. The van der Waals surface area contributed by atoms with Gasteiger partial charge in [-0.1, -0.05) is 44.9 Å². The van der Waals surface area contributed by atoms with Gasteiger partial charge in [0.2, 0.25) is 0 Å². The van der Waals surface area contributed by atoms with E-state index in [1.807, 2.05) is 0 Å². The summed E-state index contributed by atoms with van der Waals surface area (Å²) in [5, 5.41) is 0. The largest absolute Gasteiger partial charge is 0.0528 e. The Balaban J connectivity index is 1.46. The van der Waals surface area contributed by atoms with Gasteiger partial charge in [0.1, 0.15) is 0 Å². The van der Waals surface area contributed by atoms with Crippen LogP contribution in [0.5, 0.6) is 0 Å². The van der Waals surface area contributed by atoms with Crippen LogP contribution in [-0.2, 0) is 0 Å². The van der Waals surface area contributed by atoms with Crippen LogP contribution in [0.15, 0.2) is 0 Å². The van der Waals surface area contributed by atoms with Crippen molar-refractivity contribution in [3.8, 4) is 0 Å². The van der Waals surface area contributed by atoms with E-state index in [0.29, 0.717) is 0 Å². The fourth-order valence-electron chi connectivity index (χ4n) is 1.51. The van der Waals surface area contributed by atoms with E-state index in [9.17, 15) is 0 Å². The molecule has 0 unspecified atom stereocenters. The molecule has 0 heterocycles. The Morgan fingerprint density at radius 1 is 0.778 bits per heavy atom. The standard InChI is InChI=1S/C9H16/c1(2-8-4-5-8)3-9-6-7-9/h8-9H,1-7H2. The SMILES string of the molecule is C(CC1CC1)CC1CC1. The van der Waals surface area contributed by atoms with E-state index < -0.39 is 0 Å². The first kappa shape index (κ1) is 5.76. The van der Waals surface area contributed by atoms with Crippen LogP contribution in [0.1, 0.15) is 44.9 Å². The Morgan fingerprint density at radius 2 is 1.22 bits per heavy atom. The molecule has 0 nitrogen and oxygen atoms in total. The van der Waals surface area contributed by atoms with Crippen molar-refractivity contribution in [3.05, 3.63) is 0 Å². The molecule has 2 rings (SSSR count). The van der Waals surface area contributed by atoms with Crippen molar-refractivity contribution < 1.29 is 0 Å². The van der Waals surface area contributed by atoms with E-state index >= 15 is 0 Å². The van der Waals surface area contributed by atoms with Gasteiger partial charge in [0.25, 0.3) is 0 Å².